The molecule has 3 nitrogen and oxygen atoms in total. The smallest absolute Gasteiger partial charge is 0.315 e. The largest absolute Gasteiger partial charge is 0.396 e. The third-order valence-corrected chi connectivity index (χ3v) is 1.44. The minimum Gasteiger partial charge on any atom is -0.396 e. The van der Waals surface area contributed by atoms with E-state index in [-0.39, 0.29) is 19.1 Å². The fourth-order valence-corrected chi connectivity index (χ4v) is 0.674. The van der Waals surface area contributed by atoms with Crippen LogP contribution in [0, 0.1) is 5.92 Å². The van der Waals surface area contributed by atoms with Gasteiger partial charge in [0.1, 0.15) is 0 Å². The van der Waals surface area contributed by atoms with Crippen LogP contribution >= 0.6 is 0 Å². The lowest BCUT2D eigenvalue weighted by atomic mass is 10.1. The van der Waals surface area contributed by atoms with Gasteiger partial charge in [0.15, 0.2) is 0 Å². The molecule has 0 spiro atoms. The van der Waals surface area contributed by atoms with Crippen LogP contribution in [0.15, 0.2) is 0 Å². The maximum absolute atomic E-state index is 11.6. The quantitative estimate of drug-likeness (QED) is 0.644. The van der Waals surface area contributed by atoms with Crippen LogP contribution in [0.3, 0.4) is 0 Å². The Labute approximate surface area is 69.8 Å². The van der Waals surface area contributed by atoms with E-state index in [0.717, 1.165) is 0 Å². The molecule has 0 aromatic carbocycles. The Kier molecular flexibility index (Phi) is 5.53. The highest BCUT2D eigenvalue weighted by atomic mass is 19.3. The van der Waals surface area contributed by atoms with E-state index in [2.05, 4.69) is 5.32 Å². The number of carbonyl (C=O) groups excluding carboxylic acids is 1. The maximum Gasteiger partial charge on any atom is 0.315 e. The molecule has 0 aromatic rings. The number of rotatable bonds is 5. The first-order valence-corrected chi connectivity index (χ1v) is 3.74. The number of aliphatic hydroxyl groups is 1. The molecule has 0 saturated heterocycles. The van der Waals surface area contributed by atoms with E-state index in [1.807, 2.05) is 0 Å². The van der Waals surface area contributed by atoms with Gasteiger partial charge in [-0.1, -0.05) is 6.92 Å². The summed E-state index contributed by atoms with van der Waals surface area (Å²) < 4.78 is 23.2. The molecule has 72 valence electrons. The Morgan fingerprint density at radius 1 is 1.58 bits per heavy atom. The SMILES string of the molecule is CC(CCO)CNC(=O)C(F)F. The molecule has 0 fully saturated rings. The molecule has 0 aromatic heterocycles. The molecule has 0 bridgehead atoms. The van der Waals surface area contributed by atoms with Crippen LogP contribution in [-0.4, -0.2) is 30.6 Å². The number of carbonyl (C=O) groups is 1. The van der Waals surface area contributed by atoms with Crippen molar-refractivity contribution in [2.45, 2.75) is 19.8 Å². The van der Waals surface area contributed by atoms with Gasteiger partial charge in [0.2, 0.25) is 0 Å². The van der Waals surface area contributed by atoms with Gasteiger partial charge in [-0.05, 0) is 12.3 Å². The lowest BCUT2D eigenvalue weighted by molar-refractivity contribution is -0.131. The molecule has 0 heterocycles. The highest BCUT2D eigenvalue weighted by Gasteiger charge is 2.14. The van der Waals surface area contributed by atoms with E-state index in [4.69, 9.17) is 5.11 Å². The molecule has 0 aliphatic carbocycles. The zero-order valence-corrected chi connectivity index (χ0v) is 6.89. The predicted octanol–water partition coefficient (Wildman–Crippen LogP) is 0.386. The Bertz CT molecular complexity index is 141. The van der Waals surface area contributed by atoms with Crippen LogP contribution < -0.4 is 5.32 Å². The van der Waals surface area contributed by atoms with Gasteiger partial charge in [-0.2, -0.15) is 8.78 Å². The van der Waals surface area contributed by atoms with E-state index in [9.17, 15) is 13.6 Å². The van der Waals surface area contributed by atoms with Crippen molar-refractivity contribution in [3.8, 4) is 0 Å². The van der Waals surface area contributed by atoms with Crippen molar-refractivity contribution in [3.05, 3.63) is 0 Å². The van der Waals surface area contributed by atoms with Crippen molar-refractivity contribution in [2.24, 2.45) is 5.92 Å². The molecule has 1 amide bonds. The topological polar surface area (TPSA) is 49.3 Å². The summed E-state index contributed by atoms with van der Waals surface area (Å²) in [6, 6.07) is 0. The number of hydrogen-bond donors (Lipinski definition) is 2. The summed E-state index contributed by atoms with van der Waals surface area (Å²) in [5.41, 5.74) is 0. The van der Waals surface area contributed by atoms with E-state index < -0.39 is 12.3 Å². The third-order valence-electron chi connectivity index (χ3n) is 1.44. The van der Waals surface area contributed by atoms with Crippen molar-refractivity contribution in [3.63, 3.8) is 0 Å². The summed E-state index contributed by atoms with van der Waals surface area (Å²) in [5, 5.41) is 10.5. The van der Waals surface area contributed by atoms with Gasteiger partial charge in [-0.15, -0.1) is 0 Å². The van der Waals surface area contributed by atoms with Crippen molar-refractivity contribution in [1.29, 1.82) is 0 Å². The first kappa shape index (κ1) is 11.3. The molecule has 0 saturated carbocycles. The summed E-state index contributed by atoms with van der Waals surface area (Å²) in [4.78, 5) is 10.3. The monoisotopic (exact) mass is 181 g/mol. The van der Waals surface area contributed by atoms with Gasteiger partial charge in [-0.25, -0.2) is 0 Å². The summed E-state index contributed by atoms with van der Waals surface area (Å²) in [6.45, 7) is 1.96. The van der Waals surface area contributed by atoms with Crippen LogP contribution in [0.25, 0.3) is 0 Å². The van der Waals surface area contributed by atoms with Crippen LogP contribution in [-0.2, 0) is 4.79 Å². The van der Waals surface area contributed by atoms with Gasteiger partial charge < -0.3 is 10.4 Å². The number of alkyl halides is 2. The fraction of sp³-hybridized carbons (Fsp3) is 0.857. The van der Waals surface area contributed by atoms with Crippen LogP contribution in [0.4, 0.5) is 8.78 Å². The lowest BCUT2D eigenvalue weighted by Gasteiger charge is -2.10. The normalized spacial score (nSPS) is 13.1. The number of halogens is 2. The first-order valence-electron chi connectivity index (χ1n) is 3.74. The van der Waals surface area contributed by atoms with Gasteiger partial charge in [0.25, 0.3) is 5.91 Å². The summed E-state index contributed by atoms with van der Waals surface area (Å²) in [6.07, 6.45) is -2.45. The number of amides is 1. The Morgan fingerprint density at radius 3 is 2.58 bits per heavy atom. The summed E-state index contributed by atoms with van der Waals surface area (Å²) in [5.74, 6) is -1.22. The molecular formula is C7H13F2NO2. The molecule has 0 aliphatic heterocycles. The first-order chi connectivity index (χ1) is 5.57. The Morgan fingerprint density at radius 2 is 2.17 bits per heavy atom. The second-order valence-electron chi connectivity index (χ2n) is 2.66. The van der Waals surface area contributed by atoms with Crippen molar-refractivity contribution >= 4 is 5.91 Å². The second kappa shape index (κ2) is 5.88. The average Bonchev–Trinajstić information content (AvgIpc) is 2.00. The highest BCUT2D eigenvalue weighted by Crippen LogP contribution is 1.99. The standard InChI is InChI=1S/C7H13F2NO2/c1-5(2-3-11)4-10-7(12)6(8)9/h5-6,11H,2-4H2,1H3,(H,10,12). The molecule has 1 atom stereocenters. The zero-order chi connectivity index (χ0) is 9.56. The van der Waals surface area contributed by atoms with E-state index in [0.29, 0.717) is 6.42 Å². The van der Waals surface area contributed by atoms with Crippen molar-refractivity contribution in [2.75, 3.05) is 13.2 Å². The van der Waals surface area contributed by atoms with Gasteiger partial charge in [0, 0.05) is 13.2 Å². The molecule has 0 radical (unpaired) electrons. The van der Waals surface area contributed by atoms with E-state index in [1.54, 1.807) is 6.92 Å². The minimum absolute atomic E-state index is 0.00567. The number of hydrogen-bond acceptors (Lipinski definition) is 2. The predicted molar refractivity (Wildman–Crippen MR) is 39.9 cm³/mol. The fourth-order valence-electron chi connectivity index (χ4n) is 0.674. The van der Waals surface area contributed by atoms with Crippen LogP contribution in [0.2, 0.25) is 0 Å². The molecule has 0 rings (SSSR count). The third kappa shape index (κ3) is 5.01. The van der Waals surface area contributed by atoms with Gasteiger partial charge >= 0.3 is 6.43 Å². The van der Waals surface area contributed by atoms with E-state index >= 15 is 0 Å². The molecule has 2 N–H and O–H groups in total. The Balaban J connectivity index is 3.47. The van der Waals surface area contributed by atoms with Crippen LogP contribution in [0.5, 0.6) is 0 Å². The molecule has 5 heteroatoms. The maximum atomic E-state index is 11.6. The average molecular weight is 181 g/mol. The van der Waals surface area contributed by atoms with Crippen LogP contribution in [0.1, 0.15) is 13.3 Å². The molecule has 12 heavy (non-hydrogen) atoms. The number of nitrogens with one attached hydrogen (secondary N) is 1. The number of aliphatic hydroxyl groups excluding tert-OH is 1. The summed E-state index contributed by atoms with van der Waals surface area (Å²) in [7, 11) is 0. The van der Waals surface area contributed by atoms with Crippen molar-refractivity contribution < 1.29 is 18.7 Å². The lowest BCUT2D eigenvalue weighted by Crippen LogP contribution is -2.33. The zero-order valence-electron chi connectivity index (χ0n) is 6.89. The van der Waals surface area contributed by atoms with Gasteiger partial charge in [-0.3, -0.25) is 4.79 Å². The van der Waals surface area contributed by atoms with Crippen molar-refractivity contribution in [1.82, 2.24) is 5.32 Å². The molecular weight excluding hydrogens is 168 g/mol. The van der Waals surface area contributed by atoms with Gasteiger partial charge in [0.05, 0.1) is 0 Å². The second-order valence-corrected chi connectivity index (χ2v) is 2.66. The molecule has 0 aliphatic rings. The minimum atomic E-state index is -2.95. The Hall–Kier alpha value is -0.710. The highest BCUT2D eigenvalue weighted by molar-refractivity contribution is 5.78. The summed E-state index contributed by atoms with van der Waals surface area (Å²) >= 11 is 0. The van der Waals surface area contributed by atoms with E-state index in [1.165, 1.54) is 0 Å². The molecule has 1 unspecified atom stereocenters.